The van der Waals surface area contributed by atoms with Crippen LogP contribution in [0.15, 0.2) is 54.7 Å². The molecule has 0 atom stereocenters. The maximum Gasteiger partial charge on any atom is 0.317 e. The number of benzene rings is 2. The molecule has 4 heteroatoms. The lowest BCUT2D eigenvalue weighted by molar-refractivity contribution is 0.282. The molecule has 0 spiro atoms. The fraction of sp³-hybridized carbons (Fsp3) is 0.0667. The van der Waals surface area contributed by atoms with Crippen LogP contribution in [0.2, 0.25) is 0 Å². The molecule has 0 radical (unpaired) electrons. The van der Waals surface area contributed by atoms with Gasteiger partial charge < -0.3 is 10.5 Å². The van der Waals surface area contributed by atoms with Crippen molar-refractivity contribution < 1.29 is 4.74 Å². The van der Waals surface area contributed by atoms with Crippen LogP contribution >= 0.6 is 0 Å². The van der Waals surface area contributed by atoms with Crippen molar-refractivity contribution in [2.75, 3.05) is 5.73 Å². The third-order valence-corrected chi connectivity index (χ3v) is 2.81. The van der Waals surface area contributed by atoms with E-state index < -0.39 is 0 Å². The van der Waals surface area contributed by atoms with Gasteiger partial charge in [0.2, 0.25) is 0 Å². The fourth-order valence-corrected chi connectivity index (χ4v) is 1.79. The average molecular weight is 251 g/mol. The first kappa shape index (κ1) is 11.5. The van der Waals surface area contributed by atoms with Crippen molar-refractivity contribution in [2.24, 2.45) is 0 Å². The Labute approximate surface area is 110 Å². The van der Waals surface area contributed by atoms with Gasteiger partial charge >= 0.3 is 6.01 Å². The second kappa shape index (κ2) is 4.94. The normalized spacial score (nSPS) is 10.5. The largest absolute Gasteiger partial charge is 0.459 e. The zero-order chi connectivity index (χ0) is 13.1. The van der Waals surface area contributed by atoms with Crippen molar-refractivity contribution in [3.05, 3.63) is 60.3 Å². The second-order valence-corrected chi connectivity index (χ2v) is 4.24. The molecule has 0 bridgehead atoms. The minimum Gasteiger partial charge on any atom is -0.459 e. The number of hydrogen-bond donors (Lipinski definition) is 1. The van der Waals surface area contributed by atoms with Gasteiger partial charge in [0.15, 0.2) is 0 Å². The van der Waals surface area contributed by atoms with Gasteiger partial charge in [0, 0.05) is 17.3 Å². The Morgan fingerprint density at radius 3 is 2.63 bits per heavy atom. The molecule has 1 heterocycles. The SMILES string of the molecule is Nc1ccc(COc2ncc3ccccc3n2)cc1. The first-order valence-electron chi connectivity index (χ1n) is 6.00. The van der Waals surface area contributed by atoms with Crippen LogP contribution in [0.5, 0.6) is 6.01 Å². The molecule has 4 nitrogen and oxygen atoms in total. The van der Waals surface area contributed by atoms with Gasteiger partial charge in [-0.1, -0.05) is 30.3 Å². The van der Waals surface area contributed by atoms with Crippen LogP contribution < -0.4 is 10.5 Å². The Morgan fingerprint density at radius 2 is 1.79 bits per heavy atom. The number of nitrogens with zero attached hydrogens (tertiary/aromatic N) is 2. The third-order valence-electron chi connectivity index (χ3n) is 2.81. The Balaban J connectivity index is 1.76. The Morgan fingerprint density at radius 1 is 1.00 bits per heavy atom. The fourth-order valence-electron chi connectivity index (χ4n) is 1.79. The van der Waals surface area contributed by atoms with Crippen molar-refractivity contribution in [2.45, 2.75) is 6.61 Å². The summed E-state index contributed by atoms with van der Waals surface area (Å²) < 4.78 is 5.58. The summed E-state index contributed by atoms with van der Waals surface area (Å²) in [6.45, 7) is 0.429. The number of rotatable bonds is 3. The Hall–Kier alpha value is -2.62. The maximum atomic E-state index is 5.63. The highest BCUT2D eigenvalue weighted by Gasteiger charge is 2.01. The van der Waals surface area contributed by atoms with Gasteiger partial charge in [0.1, 0.15) is 6.61 Å². The number of fused-ring (bicyclic) bond motifs is 1. The lowest BCUT2D eigenvalue weighted by atomic mass is 10.2. The lowest BCUT2D eigenvalue weighted by Crippen LogP contribution is -1.99. The lowest BCUT2D eigenvalue weighted by Gasteiger charge is -2.05. The summed E-state index contributed by atoms with van der Waals surface area (Å²) in [5, 5.41) is 1.00. The number of nitrogens with two attached hydrogens (primary N) is 1. The number of ether oxygens (including phenoxy) is 1. The number of nitrogen functional groups attached to an aromatic ring is 1. The molecule has 94 valence electrons. The van der Waals surface area contributed by atoms with E-state index in [9.17, 15) is 0 Å². The van der Waals surface area contributed by atoms with E-state index in [4.69, 9.17) is 10.5 Å². The standard InChI is InChI=1S/C15H13N3O/c16-13-7-5-11(6-8-13)10-19-15-17-9-12-3-1-2-4-14(12)18-15/h1-9H,10,16H2. The number of hydrogen-bond acceptors (Lipinski definition) is 4. The second-order valence-electron chi connectivity index (χ2n) is 4.24. The molecule has 0 unspecified atom stereocenters. The van der Waals surface area contributed by atoms with Crippen molar-refractivity contribution in [1.29, 1.82) is 0 Å². The monoisotopic (exact) mass is 251 g/mol. The van der Waals surface area contributed by atoms with Crippen LogP contribution in [0.3, 0.4) is 0 Å². The van der Waals surface area contributed by atoms with Crippen molar-refractivity contribution in [1.82, 2.24) is 9.97 Å². The van der Waals surface area contributed by atoms with Crippen LogP contribution in [0, 0.1) is 0 Å². The van der Waals surface area contributed by atoms with Crippen molar-refractivity contribution >= 4 is 16.6 Å². The molecule has 1 aromatic heterocycles. The zero-order valence-electron chi connectivity index (χ0n) is 10.3. The highest BCUT2D eigenvalue weighted by Crippen LogP contribution is 2.14. The highest BCUT2D eigenvalue weighted by atomic mass is 16.5. The third kappa shape index (κ3) is 2.63. The average Bonchev–Trinajstić information content (AvgIpc) is 2.46. The van der Waals surface area contributed by atoms with E-state index in [1.165, 1.54) is 0 Å². The predicted molar refractivity (Wildman–Crippen MR) is 74.7 cm³/mol. The molecule has 2 aromatic carbocycles. The van der Waals surface area contributed by atoms with Gasteiger partial charge in [-0.05, 0) is 23.8 Å². The maximum absolute atomic E-state index is 5.63. The molecule has 0 saturated carbocycles. The van der Waals surface area contributed by atoms with Crippen LogP contribution in [0.1, 0.15) is 5.56 Å². The minimum absolute atomic E-state index is 0.385. The molecule has 3 aromatic rings. The molecule has 19 heavy (non-hydrogen) atoms. The molecule has 2 N–H and O–H groups in total. The van der Waals surface area contributed by atoms with E-state index in [1.54, 1.807) is 6.20 Å². The summed E-state index contributed by atoms with van der Waals surface area (Å²) in [7, 11) is 0. The van der Waals surface area contributed by atoms with Crippen LogP contribution in [0.25, 0.3) is 10.9 Å². The summed E-state index contributed by atoms with van der Waals surface area (Å²) in [6.07, 6.45) is 1.76. The van der Waals surface area contributed by atoms with Crippen LogP contribution in [-0.4, -0.2) is 9.97 Å². The summed E-state index contributed by atoms with van der Waals surface area (Å²) in [6, 6.07) is 15.7. The van der Waals surface area contributed by atoms with Crippen LogP contribution in [-0.2, 0) is 6.61 Å². The van der Waals surface area contributed by atoms with Gasteiger partial charge in [-0.15, -0.1) is 0 Å². The minimum atomic E-state index is 0.385. The van der Waals surface area contributed by atoms with E-state index in [2.05, 4.69) is 9.97 Å². The smallest absolute Gasteiger partial charge is 0.317 e. The summed E-state index contributed by atoms with van der Waals surface area (Å²) >= 11 is 0. The Kier molecular flexibility index (Phi) is 2.98. The number of para-hydroxylation sites is 1. The van der Waals surface area contributed by atoms with E-state index in [-0.39, 0.29) is 0 Å². The molecule has 0 saturated heterocycles. The highest BCUT2D eigenvalue weighted by molar-refractivity contribution is 5.77. The quantitative estimate of drug-likeness (QED) is 0.727. The van der Waals surface area contributed by atoms with Gasteiger partial charge in [-0.2, -0.15) is 4.98 Å². The van der Waals surface area contributed by atoms with E-state index in [0.29, 0.717) is 12.6 Å². The molecule has 0 aliphatic carbocycles. The molecule has 0 fully saturated rings. The van der Waals surface area contributed by atoms with Gasteiger partial charge in [0.25, 0.3) is 0 Å². The molecule has 0 amide bonds. The zero-order valence-corrected chi connectivity index (χ0v) is 10.3. The van der Waals surface area contributed by atoms with Gasteiger partial charge in [-0.25, -0.2) is 4.98 Å². The molecule has 0 aliphatic rings. The van der Waals surface area contributed by atoms with Crippen molar-refractivity contribution in [3.8, 4) is 6.01 Å². The molecular weight excluding hydrogens is 238 g/mol. The molecule has 0 aliphatic heterocycles. The summed E-state index contributed by atoms with van der Waals surface area (Å²) in [5.74, 6) is 0. The molecular formula is C15H13N3O. The number of anilines is 1. The van der Waals surface area contributed by atoms with Crippen molar-refractivity contribution in [3.63, 3.8) is 0 Å². The topological polar surface area (TPSA) is 61.0 Å². The predicted octanol–water partition coefficient (Wildman–Crippen LogP) is 2.79. The number of aromatic nitrogens is 2. The summed E-state index contributed by atoms with van der Waals surface area (Å²) in [5.41, 5.74) is 8.28. The first-order valence-corrected chi connectivity index (χ1v) is 6.00. The van der Waals surface area contributed by atoms with Gasteiger partial charge in [-0.3, -0.25) is 0 Å². The van der Waals surface area contributed by atoms with E-state index in [1.807, 2.05) is 48.5 Å². The van der Waals surface area contributed by atoms with E-state index in [0.717, 1.165) is 22.2 Å². The van der Waals surface area contributed by atoms with Crippen LogP contribution in [0.4, 0.5) is 5.69 Å². The first-order chi connectivity index (χ1) is 9.31. The van der Waals surface area contributed by atoms with Gasteiger partial charge in [0.05, 0.1) is 5.52 Å². The molecule has 3 rings (SSSR count). The van der Waals surface area contributed by atoms with E-state index >= 15 is 0 Å². The summed E-state index contributed by atoms with van der Waals surface area (Å²) in [4.78, 5) is 8.53. The Bertz CT molecular complexity index is 695.